The molecule has 0 aromatic heterocycles. The van der Waals surface area contributed by atoms with Crippen molar-refractivity contribution in [2.45, 2.75) is 57.5 Å². The standard InChI is InChI=1S/C18H26O2S/c1-12(2)16-9-4-13(3)10-17(16)20-18(19)11-14-5-7-15(21)8-6-14/h5-8,12-13,16-17,21H,4,9-11H2,1-3H3. The van der Waals surface area contributed by atoms with Gasteiger partial charge in [0.05, 0.1) is 6.42 Å². The van der Waals surface area contributed by atoms with E-state index in [1.165, 1.54) is 12.8 Å². The molecule has 1 saturated carbocycles. The molecule has 0 bridgehead atoms. The number of benzene rings is 1. The van der Waals surface area contributed by atoms with Crippen LogP contribution in [0.1, 0.15) is 45.6 Å². The smallest absolute Gasteiger partial charge is 0.310 e. The number of esters is 1. The number of ether oxygens (including phenoxy) is 1. The van der Waals surface area contributed by atoms with E-state index in [1.807, 2.05) is 24.3 Å². The largest absolute Gasteiger partial charge is 0.462 e. The maximum Gasteiger partial charge on any atom is 0.310 e. The minimum absolute atomic E-state index is 0.0883. The van der Waals surface area contributed by atoms with E-state index in [0.29, 0.717) is 24.2 Å². The Morgan fingerprint density at radius 1 is 1.29 bits per heavy atom. The van der Waals surface area contributed by atoms with E-state index in [0.717, 1.165) is 16.9 Å². The van der Waals surface area contributed by atoms with Crippen LogP contribution in [0, 0.1) is 17.8 Å². The predicted molar refractivity (Wildman–Crippen MR) is 88.6 cm³/mol. The Kier molecular flexibility index (Phi) is 5.74. The van der Waals surface area contributed by atoms with Crippen molar-refractivity contribution < 1.29 is 9.53 Å². The third-order valence-electron chi connectivity index (χ3n) is 4.53. The van der Waals surface area contributed by atoms with Crippen molar-refractivity contribution in [3.8, 4) is 0 Å². The van der Waals surface area contributed by atoms with E-state index in [2.05, 4.69) is 33.4 Å². The zero-order valence-corrected chi connectivity index (χ0v) is 14.1. The lowest BCUT2D eigenvalue weighted by Crippen LogP contribution is -2.36. The molecule has 3 atom stereocenters. The molecule has 1 aromatic carbocycles. The van der Waals surface area contributed by atoms with Crippen LogP contribution in [0.15, 0.2) is 29.2 Å². The van der Waals surface area contributed by atoms with Gasteiger partial charge in [-0.15, -0.1) is 12.6 Å². The fourth-order valence-corrected chi connectivity index (χ4v) is 3.39. The first-order valence-electron chi connectivity index (χ1n) is 7.93. The summed E-state index contributed by atoms with van der Waals surface area (Å²) >= 11 is 4.26. The second kappa shape index (κ2) is 7.35. The number of hydrogen-bond acceptors (Lipinski definition) is 3. The number of hydrogen-bond donors (Lipinski definition) is 1. The van der Waals surface area contributed by atoms with E-state index in [9.17, 15) is 4.79 Å². The summed E-state index contributed by atoms with van der Waals surface area (Å²) < 4.78 is 5.81. The normalized spacial score (nSPS) is 25.9. The van der Waals surface area contributed by atoms with Gasteiger partial charge in [0.25, 0.3) is 0 Å². The second-order valence-electron chi connectivity index (χ2n) is 6.70. The summed E-state index contributed by atoms with van der Waals surface area (Å²) in [6.07, 6.45) is 3.87. The molecule has 3 heteroatoms. The van der Waals surface area contributed by atoms with E-state index in [1.54, 1.807) is 0 Å². The van der Waals surface area contributed by atoms with Gasteiger partial charge in [-0.2, -0.15) is 0 Å². The van der Waals surface area contributed by atoms with Crippen LogP contribution >= 0.6 is 12.6 Å². The highest BCUT2D eigenvalue weighted by Gasteiger charge is 2.33. The van der Waals surface area contributed by atoms with Crippen LogP contribution < -0.4 is 0 Å². The van der Waals surface area contributed by atoms with Crippen molar-refractivity contribution in [3.63, 3.8) is 0 Å². The molecule has 3 unspecified atom stereocenters. The SMILES string of the molecule is CC1CCC(C(C)C)C(OC(=O)Cc2ccc(S)cc2)C1. The third-order valence-corrected chi connectivity index (χ3v) is 4.83. The van der Waals surface area contributed by atoms with Crippen LogP contribution in [-0.2, 0) is 16.0 Å². The van der Waals surface area contributed by atoms with Crippen molar-refractivity contribution in [1.82, 2.24) is 0 Å². The molecule has 0 radical (unpaired) electrons. The van der Waals surface area contributed by atoms with Crippen LogP contribution in [0.5, 0.6) is 0 Å². The average molecular weight is 306 g/mol. The van der Waals surface area contributed by atoms with Crippen LogP contribution in [0.25, 0.3) is 0 Å². The van der Waals surface area contributed by atoms with Crippen molar-refractivity contribution >= 4 is 18.6 Å². The molecule has 1 aliphatic carbocycles. The molecule has 1 aliphatic rings. The Morgan fingerprint density at radius 2 is 1.95 bits per heavy atom. The maximum absolute atomic E-state index is 12.2. The summed E-state index contributed by atoms with van der Waals surface area (Å²) in [6.45, 7) is 6.71. The van der Waals surface area contributed by atoms with Crippen LogP contribution in [0.4, 0.5) is 0 Å². The Bertz CT molecular complexity index is 467. The monoisotopic (exact) mass is 306 g/mol. The first kappa shape index (κ1) is 16.4. The highest BCUT2D eigenvalue weighted by molar-refractivity contribution is 7.80. The first-order valence-corrected chi connectivity index (χ1v) is 8.37. The fraction of sp³-hybridized carbons (Fsp3) is 0.611. The minimum atomic E-state index is -0.105. The Balaban J connectivity index is 1.94. The molecule has 0 spiro atoms. The van der Waals surface area contributed by atoms with Gasteiger partial charge in [-0.25, -0.2) is 0 Å². The van der Waals surface area contributed by atoms with Gasteiger partial charge in [0.2, 0.25) is 0 Å². The number of thiol groups is 1. The first-order chi connectivity index (χ1) is 9.95. The third kappa shape index (κ3) is 4.77. The Hall–Kier alpha value is -0.960. The molecule has 2 rings (SSSR count). The summed E-state index contributed by atoms with van der Waals surface area (Å²) in [7, 11) is 0. The van der Waals surface area contributed by atoms with E-state index in [-0.39, 0.29) is 12.1 Å². The predicted octanol–water partition coefficient (Wildman–Crippen LogP) is 4.52. The Labute approximate surface area is 133 Å². The van der Waals surface area contributed by atoms with Crippen LogP contribution in [0.3, 0.4) is 0 Å². The average Bonchev–Trinajstić information content (AvgIpc) is 2.41. The fourth-order valence-electron chi connectivity index (χ4n) is 3.24. The molecule has 0 saturated heterocycles. The van der Waals surface area contributed by atoms with E-state index >= 15 is 0 Å². The quantitative estimate of drug-likeness (QED) is 0.654. The lowest BCUT2D eigenvalue weighted by molar-refractivity contribution is -0.155. The summed E-state index contributed by atoms with van der Waals surface area (Å²) in [5, 5.41) is 0. The zero-order chi connectivity index (χ0) is 15.4. The summed E-state index contributed by atoms with van der Waals surface area (Å²) in [5.41, 5.74) is 0.989. The number of rotatable bonds is 4. The van der Waals surface area contributed by atoms with Gasteiger partial charge >= 0.3 is 5.97 Å². The van der Waals surface area contributed by atoms with Crippen molar-refractivity contribution in [2.24, 2.45) is 17.8 Å². The molecular weight excluding hydrogens is 280 g/mol. The summed E-state index contributed by atoms with van der Waals surface area (Å²) in [5.74, 6) is 1.62. The van der Waals surface area contributed by atoms with Gasteiger partial charge < -0.3 is 4.74 Å². The molecule has 0 N–H and O–H groups in total. The second-order valence-corrected chi connectivity index (χ2v) is 7.21. The van der Waals surface area contributed by atoms with E-state index < -0.39 is 0 Å². The lowest BCUT2D eigenvalue weighted by atomic mass is 9.75. The molecule has 1 fully saturated rings. The van der Waals surface area contributed by atoms with Gasteiger partial charge in [-0.3, -0.25) is 4.79 Å². The molecule has 116 valence electrons. The van der Waals surface area contributed by atoms with Crippen LogP contribution in [-0.4, -0.2) is 12.1 Å². The van der Waals surface area contributed by atoms with Gasteiger partial charge in [-0.05, 0) is 48.3 Å². The van der Waals surface area contributed by atoms with Crippen LogP contribution in [0.2, 0.25) is 0 Å². The zero-order valence-electron chi connectivity index (χ0n) is 13.2. The lowest BCUT2D eigenvalue weighted by Gasteiger charge is -2.36. The Morgan fingerprint density at radius 3 is 2.57 bits per heavy atom. The van der Waals surface area contributed by atoms with Gasteiger partial charge in [0.15, 0.2) is 0 Å². The van der Waals surface area contributed by atoms with Gasteiger partial charge in [0, 0.05) is 4.90 Å². The maximum atomic E-state index is 12.2. The molecule has 0 amide bonds. The van der Waals surface area contributed by atoms with E-state index in [4.69, 9.17) is 4.74 Å². The highest BCUT2D eigenvalue weighted by Crippen LogP contribution is 2.35. The van der Waals surface area contributed by atoms with Crippen molar-refractivity contribution in [1.29, 1.82) is 0 Å². The highest BCUT2D eigenvalue weighted by atomic mass is 32.1. The van der Waals surface area contributed by atoms with Gasteiger partial charge in [0.1, 0.15) is 6.10 Å². The molecule has 0 aliphatic heterocycles. The minimum Gasteiger partial charge on any atom is -0.462 e. The summed E-state index contributed by atoms with van der Waals surface area (Å²) in [6, 6.07) is 7.69. The van der Waals surface area contributed by atoms with Gasteiger partial charge in [-0.1, -0.05) is 39.3 Å². The van der Waals surface area contributed by atoms with Crippen molar-refractivity contribution in [2.75, 3.05) is 0 Å². The molecule has 1 aromatic rings. The number of carbonyl (C=O) groups is 1. The summed E-state index contributed by atoms with van der Waals surface area (Å²) in [4.78, 5) is 13.1. The van der Waals surface area contributed by atoms with Crippen molar-refractivity contribution in [3.05, 3.63) is 29.8 Å². The molecule has 0 heterocycles. The topological polar surface area (TPSA) is 26.3 Å². The molecule has 2 nitrogen and oxygen atoms in total. The number of carbonyl (C=O) groups excluding carboxylic acids is 1. The molecular formula is C18H26O2S. The molecule has 21 heavy (non-hydrogen) atoms.